The largest absolute Gasteiger partial charge is 0.378 e. The molecule has 0 fully saturated rings. The normalized spacial score (nSPS) is 17.3. The zero-order valence-corrected chi connectivity index (χ0v) is 16.5. The smallest absolute Gasteiger partial charge is 0.0488 e. The third kappa shape index (κ3) is 4.15. The van der Waals surface area contributed by atoms with E-state index in [-0.39, 0.29) is 10.8 Å². The third-order valence-electron chi connectivity index (χ3n) is 4.99. The van der Waals surface area contributed by atoms with Crippen LogP contribution in [0.1, 0.15) is 59.1 Å². The van der Waals surface area contributed by atoms with E-state index in [2.05, 4.69) is 101 Å². The van der Waals surface area contributed by atoms with Crippen LogP contribution in [0.5, 0.6) is 0 Å². The van der Waals surface area contributed by atoms with Gasteiger partial charge in [-0.3, -0.25) is 0 Å². The molecular weight excluding hydrogens is 302 g/mol. The van der Waals surface area contributed by atoms with Crippen LogP contribution in [0.2, 0.25) is 0 Å². The van der Waals surface area contributed by atoms with Gasteiger partial charge in [0.05, 0.1) is 0 Å². The molecule has 1 aliphatic rings. The van der Waals surface area contributed by atoms with Crippen molar-refractivity contribution in [3.63, 3.8) is 0 Å². The van der Waals surface area contributed by atoms with Crippen molar-refractivity contribution in [2.45, 2.75) is 64.8 Å². The molecule has 2 aromatic rings. The van der Waals surface area contributed by atoms with Gasteiger partial charge in [0.15, 0.2) is 0 Å². The Hall–Kier alpha value is -2.02. The lowest BCUT2D eigenvalue weighted by Crippen LogP contribution is -2.33. The fourth-order valence-electron chi connectivity index (χ4n) is 3.28. The first kappa shape index (κ1) is 17.8. The molecule has 1 atom stereocenters. The maximum absolute atomic E-state index is 3.76. The Morgan fingerprint density at radius 1 is 0.800 bits per heavy atom. The van der Waals surface area contributed by atoms with Crippen molar-refractivity contribution < 1.29 is 0 Å². The molecule has 0 heterocycles. The van der Waals surface area contributed by atoms with E-state index in [0.29, 0.717) is 6.04 Å². The summed E-state index contributed by atoms with van der Waals surface area (Å²) < 4.78 is 0. The van der Waals surface area contributed by atoms with Crippen molar-refractivity contribution in [1.82, 2.24) is 0 Å². The molecule has 25 heavy (non-hydrogen) atoms. The van der Waals surface area contributed by atoms with Crippen LogP contribution in [-0.2, 0) is 10.8 Å². The van der Waals surface area contributed by atoms with E-state index in [4.69, 9.17) is 0 Å². The van der Waals surface area contributed by atoms with Gasteiger partial charge in [0.2, 0.25) is 0 Å². The first-order valence-electron chi connectivity index (χ1n) is 9.33. The molecule has 0 saturated heterocycles. The van der Waals surface area contributed by atoms with Crippen LogP contribution < -0.4 is 15.8 Å². The number of anilines is 1. The minimum Gasteiger partial charge on any atom is -0.378 e. The second-order valence-electron chi connectivity index (χ2n) is 9.29. The fraction of sp³-hybridized carbons (Fsp3) is 0.417. The lowest BCUT2D eigenvalue weighted by atomic mass is 9.80. The summed E-state index contributed by atoms with van der Waals surface area (Å²) in [5.41, 5.74) is 4.30. The molecule has 0 radical (unpaired) electrons. The highest BCUT2D eigenvalue weighted by Gasteiger charge is 2.21. The van der Waals surface area contributed by atoms with Crippen molar-refractivity contribution in [3.8, 4) is 0 Å². The Balaban J connectivity index is 1.96. The third-order valence-corrected chi connectivity index (χ3v) is 4.99. The molecule has 0 aliphatic heterocycles. The Labute approximate surface area is 152 Å². The Morgan fingerprint density at radius 3 is 1.92 bits per heavy atom. The summed E-state index contributed by atoms with van der Waals surface area (Å²) in [4.78, 5) is 0. The maximum atomic E-state index is 3.76. The molecule has 0 bridgehead atoms. The molecule has 1 N–H and O–H groups in total. The van der Waals surface area contributed by atoms with Crippen molar-refractivity contribution in [2.75, 3.05) is 5.32 Å². The number of benzene rings is 2. The van der Waals surface area contributed by atoms with Crippen molar-refractivity contribution in [3.05, 3.63) is 64.0 Å². The molecule has 2 aromatic carbocycles. The quantitative estimate of drug-likeness (QED) is 0.838. The standard InChI is InChI=1S/C24H31N/c1-23(2,3)19-14-20(24(4,5)6)16-22(15-19)25-21-12-11-17-9-7-8-10-18(17)13-21/h7-11,13-16,21,25H,12H2,1-6H3. The molecule has 0 saturated carbocycles. The van der Waals surface area contributed by atoms with Crippen LogP contribution in [0.3, 0.4) is 0 Å². The maximum Gasteiger partial charge on any atom is 0.0488 e. The van der Waals surface area contributed by atoms with Gasteiger partial charge in [-0.1, -0.05) is 84.0 Å². The summed E-state index contributed by atoms with van der Waals surface area (Å²) in [6.07, 6.45) is 5.72. The average Bonchev–Trinajstić information content (AvgIpc) is 2.53. The minimum atomic E-state index is 0.146. The fourth-order valence-corrected chi connectivity index (χ4v) is 3.28. The van der Waals surface area contributed by atoms with Gasteiger partial charge >= 0.3 is 0 Å². The predicted molar refractivity (Wildman–Crippen MR) is 110 cm³/mol. The van der Waals surface area contributed by atoms with Gasteiger partial charge in [0, 0.05) is 11.7 Å². The Bertz CT molecular complexity index is 843. The molecule has 132 valence electrons. The van der Waals surface area contributed by atoms with E-state index in [0.717, 1.165) is 6.42 Å². The van der Waals surface area contributed by atoms with Crippen LogP contribution in [0, 0.1) is 0 Å². The van der Waals surface area contributed by atoms with Crippen molar-refractivity contribution >= 4 is 17.8 Å². The zero-order chi connectivity index (χ0) is 18.2. The highest BCUT2D eigenvalue weighted by molar-refractivity contribution is 5.57. The molecule has 0 spiro atoms. The summed E-state index contributed by atoms with van der Waals surface area (Å²) >= 11 is 0. The lowest BCUT2D eigenvalue weighted by Gasteiger charge is -2.27. The van der Waals surface area contributed by atoms with Crippen LogP contribution in [-0.4, -0.2) is 6.04 Å². The molecule has 1 heteroatoms. The summed E-state index contributed by atoms with van der Waals surface area (Å²) in [5.74, 6) is 0. The summed E-state index contributed by atoms with van der Waals surface area (Å²) in [7, 11) is 0. The topological polar surface area (TPSA) is 12.0 Å². The molecular formula is C24H31N. The second-order valence-corrected chi connectivity index (χ2v) is 9.29. The van der Waals surface area contributed by atoms with E-state index < -0.39 is 0 Å². The SMILES string of the molecule is CC(C)(C)c1cc(NC2C=c3ccccc3=CC2)cc(C(C)(C)C)c1. The van der Waals surface area contributed by atoms with E-state index in [1.165, 1.54) is 27.3 Å². The molecule has 3 rings (SSSR count). The molecule has 0 amide bonds. The number of hydrogen-bond acceptors (Lipinski definition) is 1. The molecule has 1 nitrogen and oxygen atoms in total. The number of nitrogens with one attached hydrogen (secondary N) is 1. The van der Waals surface area contributed by atoms with E-state index >= 15 is 0 Å². The van der Waals surface area contributed by atoms with Crippen LogP contribution in [0.15, 0.2) is 42.5 Å². The summed E-state index contributed by atoms with van der Waals surface area (Å²) in [5, 5.41) is 6.43. The summed E-state index contributed by atoms with van der Waals surface area (Å²) in [6, 6.07) is 16.0. The number of fused-ring (bicyclic) bond motifs is 1. The molecule has 0 aromatic heterocycles. The second kappa shape index (κ2) is 6.37. The van der Waals surface area contributed by atoms with Crippen molar-refractivity contribution in [1.29, 1.82) is 0 Å². The van der Waals surface area contributed by atoms with Gasteiger partial charge in [-0.15, -0.1) is 0 Å². The van der Waals surface area contributed by atoms with Gasteiger partial charge in [-0.25, -0.2) is 0 Å². The predicted octanol–water partition coefficient (Wildman–Crippen LogP) is 4.73. The van der Waals surface area contributed by atoms with Gasteiger partial charge < -0.3 is 5.32 Å². The minimum absolute atomic E-state index is 0.146. The monoisotopic (exact) mass is 333 g/mol. The van der Waals surface area contributed by atoms with Crippen molar-refractivity contribution in [2.24, 2.45) is 0 Å². The van der Waals surface area contributed by atoms with E-state index in [9.17, 15) is 0 Å². The number of rotatable bonds is 2. The Kier molecular flexibility index (Phi) is 4.53. The van der Waals surface area contributed by atoms with E-state index in [1.54, 1.807) is 0 Å². The van der Waals surface area contributed by atoms with Gasteiger partial charge in [0.1, 0.15) is 0 Å². The number of hydrogen-bond donors (Lipinski definition) is 1. The van der Waals surface area contributed by atoms with Crippen LogP contribution in [0.25, 0.3) is 12.2 Å². The van der Waals surface area contributed by atoms with Gasteiger partial charge in [-0.05, 0) is 50.9 Å². The van der Waals surface area contributed by atoms with Crippen LogP contribution in [0.4, 0.5) is 5.69 Å². The highest BCUT2D eigenvalue weighted by Crippen LogP contribution is 2.32. The Morgan fingerprint density at radius 2 is 1.36 bits per heavy atom. The average molecular weight is 334 g/mol. The zero-order valence-electron chi connectivity index (χ0n) is 16.5. The summed E-state index contributed by atoms with van der Waals surface area (Å²) in [6.45, 7) is 13.7. The first-order valence-corrected chi connectivity index (χ1v) is 9.33. The highest BCUT2D eigenvalue weighted by atomic mass is 14.9. The first-order chi connectivity index (χ1) is 11.6. The lowest BCUT2D eigenvalue weighted by molar-refractivity contribution is 0.569. The van der Waals surface area contributed by atoms with Gasteiger partial charge in [-0.2, -0.15) is 0 Å². The van der Waals surface area contributed by atoms with Crippen LogP contribution >= 0.6 is 0 Å². The van der Waals surface area contributed by atoms with Gasteiger partial charge in [0.25, 0.3) is 0 Å². The molecule has 1 aliphatic carbocycles. The molecule has 1 unspecified atom stereocenters. The van der Waals surface area contributed by atoms with E-state index in [1.807, 2.05) is 0 Å².